The first kappa shape index (κ1) is 12.4. The fourth-order valence-corrected chi connectivity index (χ4v) is 2.28. The molecule has 1 unspecified atom stereocenters. The molecule has 1 fully saturated rings. The van der Waals surface area contributed by atoms with Crippen molar-refractivity contribution in [2.75, 3.05) is 32.1 Å². The molecule has 0 aromatic heterocycles. The summed E-state index contributed by atoms with van der Waals surface area (Å²) in [5, 5.41) is 18.3. The summed E-state index contributed by atoms with van der Waals surface area (Å²) in [5.74, 6) is 0. The minimum absolute atomic E-state index is 0.552. The monoisotopic (exact) mass is 234 g/mol. The topological polar surface area (TPSA) is 46.9 Å². The SMILES string of the molecule is CN(C)C1CCN(c2cccc(B(O)O)c2)C1. The molecule has 0 spiro atoms. The number of anilines is 1. The predicted octanol–water partition coefficient (Wildman–Crippen LogP) is -0.493. The Bertz CT molecular complexity index is 385. The Labute approximate surface area is 103 Å². The highest BCUT2D eigenvalue weighted by Crippen LogP contribution is 2.21. The van der Waals surface area contributed by atoms with E-state index in [1.54, 1.807) is 6.07 Å². The van der Waals surface area contributed by atoms with Gasteiger partial charge in [-0.3, -0.25) is 0 Å². The Morgan fingerprint density at radius 2 is 2.12 bits per heavy atom. The Balaban J connectivity index is 2.11. The molecule has 1 aromatic carbocycles. The molecule has 0 bridgehead atoms. The van der Waals surface area contributed by atoms with Crippen molar-refractivity contribution < 1.29 is 10.0 Å². The lowest BCUT2D eigenvalue weighted by molar-refractivity contribution is 0.315. The van der Waals surface area contributed by atoms with Crippen LogP contribution in [0.4, 0.5) is 5.69 Å². The van der Waals surface area contributed by atoms with Crippen LogP contribution in [0.1, 0.15) is 6.42 Å². The van der Waals surface area contributed by atoms with E-state index in [2.05, 4.69) is 23.9 Å². The van der Waals surface area contributed by atoms with E-state index < -0.39 is 7.12 Å². The number of benzene rings is 1. The highest BCUT2D eigenvalue weighted by molar-refractivity contribution is 6.58. The van der Waals surface area contributed by atoms with Crippen LogP contribution in [0, 0.1) is 0 Å². The van der Waals surface area contributed by atoms with E-state index in [1.165, 1.54) is 0 Å². The second kappa shape index (κ2) is 5.08. The summed E-state index contributed by atoms with van der Waals surface area (Å²) in [7, 11) is 2.81. The van der Waals surface area contributed by atoms with Gasteiger partial charge in [0.25, 0.3) is 0 Å². The van der Waals surface area contributed by atoms with Gasteiger partial charge >= 0.3 is 7.12 Å². The summed E-state index contributed by atoms with van der Waals surface area (Å²) in [6, 6.07) is 8.05. The van der Waals surface area contributed by atoms with Crippen LogP contribution in [0.25, 0.3) is 0 Å². The molecule has 1 aromatic rings. The van der Waals surface area contributed by atoms with Gasteiger partial charge in [0.1, 0.15) is 0 Å². The van der Waals surface area contributed by atoms with E-state index in [9.17, 15) is 0 Å². The lowest BCUT2D eigenvalue weighted by Gasteiger charge is -2.22. The van der Waals surface area contributed by atoms with E-state index in [0.717, 1.165) is 25.2 Å². The smallest absolute Gasteiger partial charge is 0.423 e. The highest BCUT2D eigenvalue weighted by Gasteiger charge is 2.24. The molecule has 92 valence electrons. The third-order valence-corrected chi connectivity index (χ3v) is 3.43. The van der Waals surface area contributed by atoms with Crippen molar-refractivity contribution in [3.8, 4) is 0 Å². The molecular formula is C12H19BN2O2. The van der Waals surface area contributed by atoms with Crippen LogP contribution in [0.15, 0.2) is 24.3 Å². The summed E-state index contributed by atoms with van der Waals surface area (Å²) in [6.07, 6.45) is 1.15. The van der Waals surface area contributed by atoms with Crippen molar-refractivity contribution in [1.29, 1.82) is 0 Å². The molecule has 2 N–H and O–H groups in total. The maximum absolute atomic E-state index is 9.16. The molecule has 0 amide bonds. The number of nitrogens with zero attached hydrogens (tertiary/aromatic N) is 2. The van der Waals surface area contributed by atoms with Crippen molar-refractivity contribution >= 4 is 18.3 Å². The van der Waals surface area contributed by atoms with Crippen LogP contribution in [-0.4, -0.2) is 55.3 Å². The Kier molecular flexibility index (Phi) is 3.71. The van der Waals surface area contributed by atoms with Crippen LogP contribution >= 0.6 is 0 Å². The van der Waals surface area contributed by atoms with Gasteiger partial charge in [-0.05, 0) is 38.1 Å². The van der Waals surface area contributed by atoms with Gasteiger partial charge in [-0.15, -0.1) is 0 Å². The third kappa shape index (κ3) is 2.80. The van der Waals surface area contributed by atoms with Gasteiger partial charge in [0.15, 0.2) is 0 Å². The lowest BCUT2D eigenvalue weighted by atomic mass is 9.80. The van der Waals surface area contributed by atoms with E-state index >= 15 is 0 Å². The van der Waals surface area contributed by atoms with Crippen molar-refractivity contribution in [2.45, 2.75) is 12.5 Å². The number of hydrogen-bond donors (Lipinski definition) is 2. The maximum atomic E-state index is 9.16. The Morgan fingerprint density at radius 3 is 2.71 bits per heavy atom. The normalized spacial score (nSPS) is 20.1. The predicted molar refractivity (Wildman–Crippen MR) is 70.6 cm³/mol. The summed E-state index contributed by atoms with van der Waals surface area (Å²) in [6.45, 7) is 2.02. The fraction of sp³-hybridized carbons (Fsp3) is 0.500. The van der Waals surface area contributed by atoms with Gasteiger partial charge in [0, 0.05) is 24.8 Å². The summed E-state index contributed by atoms with van der Waals surface area (Å²) in [5.41, 5.74) is 1.62. The van der Waals surface area contributed by atoms with Gasteiger partial charge in [0.05, 0.1) is 0 Å². The zero-order valence-electron chi connectivity index (χ0n) is 10.4. The van der Waals surface area contributed by atoms with Crippen LogP contribution < -0.4 is 10.4 Å². The molecule has 0 saturated carbocycles. The maximum Gasteiger partial charge on any atom is 0.488 e. The molecule has 0 aliphatic carbocycles. The molecule has 0 radical (unpaired) electrons. The summed E-state index contributed by atoms with van der Waals surface area (Å²) < 4.78 is 0. The largest absolute Gasteiger partial charge is 0.488 e. The van der Waals surface area contributed by atoms with Gasteiger partial charge in [-0.2, -0.15) is 0 Å². The molecule has 1 saturated heterocycles. The quantitative estimate of drug-likeness (QED) is 0.692. The van der Waals surface area contributed by atoms with Gasteiger partial charge in [0.2, 0.25) is 0 Å². The zero-order valence-corrected chi connectivity index (χ0v) is 10.4. The minimum Gasteiger partial charge on any atom is -0.423 e. The Hall–Kier alpha value is -1.04. The van der Waals surface area contributed by atoms with Crippen LogP contribution in [0.2, 0.25) is 0 Å². The van der Waals surface area contributed by atoms with Gasteiger partial charge in [-0.25, -0.2) is 0 Å². The second-order valence-corrected chi connectivity index (χ2v) is 4.82. The first-order valence-corrected chi connectivity index (χ1v) is 5.95. The van der Waals surface area contributed by atoms with Crippen LogP contribution in [0.5, 0.6) is 0 Å². The van der Waals surface area contributed by atoms with Crippen molar-refractivity contribution in [1.82, 2.24) is 4.90 Å². The number of likely N-dealkylation sites (N-methyl/N-ethyl adjacent to an activating group) is 1. The molecule has 5 heteroatoms. The molecular weight excluding hydrogens is 215 g/mol. The second-order valence-electron chi connectivity index (χ2n) is 4.82. The average Bonchev–Trinajstić information content (AvgIpc) is 2.78. The van der Waals surface area contributed by atoms with E-state index in [0.29, 0.717) is 11.5 Å². The molecule has 2 rings (SSSR count). The molecule has 4 nitrogen and oxygen atoms in total. The minimum atomic E-state index is -1.39. The lowest BCUT2D eigenvalue weighted by Crippen LogP contribution is -2.33. The zero-order chi connectivity index (χ0) is 12.4. The number of hydrogen-bond acceptors (Lipinski definition) is 4. The highest BCUT2D eigenvalue weighted by atomic mass is 16.4. The van der Waals surface area contributed by atoms with E-state index in [1.807, 2.05) is 18.2 Å². The molecule has 17 heavy (non-hydrogen) atoms. The van der Waals surface area contributed by atoms with Gasteiger partial charge in [-0.1, -0.05) is 12.1 Å². The van der Waals surface area contributed by atoms with Crippen molar-refractivity contribution in [3.05, 3.63) is 24.3 Å². The number of rotatable bonds is 3. The first-order chi connectivity index (χ1) is 8.08. The van der Waals surface area contributed by atoms with E-state index in [-0.39, 0.29) is 0 Å². The third-order valence-electron chi connectivity index (χ3n) is 3.43. The molecule has 1 atom stereocenters. The van der Waals surface area contributed by atoms with Crippen LogP contribution in [-0.2, 0) is 0 Å². The van der Waals surface area contributed by atoms with Gasteiger partial charge < -0.3 is 19.8 Å². The van der Waals surface area contributed by atoms with Crippen LogP contribution in [0.3, 0.4) is 0 Å². The molecule has 1 aliphatic rings. The standard InChI is InChI=1S/C12H19BN2O2/c1-14(2)12-6-7-15(9-12)11-5-3-4-10(8-11)13(16)17/h3-5,8,12,16-17H,6-7,9H2,1-2H3. The van der Waals surface area contributed by atoms with E-state index in [4.69, 9.17) is 10.0 Å². The fourth-order valence-electron chi connectivity index (χ4n) is 2.28. The molecule has 1 heterocycles. The summed E-state index contributed by atoms with van der Waals surface area (Å²) in [4.78, 5) is 4.53. The Morgan fingerprint density at radius 1 is 1.35 bits per heavy atom. The van der Waals surface area contributed by atoms with Crippen molar-refractivity contribution in [3.63, 3.8) is 0 Å². The molecule has 1 aliphatic heterocycles. The van der Waals surface area contributed by atoms with Crippen molar-refractivity contribution in [2.24, 2.45) is 0 Å². The first-order valence-electron chi connectivity index (χ1n) is 5.95. The summed E-state index contributed by atoms with van der Waals surface area (Å²) >= 11 is 0. The average molecular weight is 234 g/mol.